The van der Waals surface area contributed by atoms with Crippen LogP contribution in [-0.4, -0.2) is 31.6 Å². The summed E-state index contributed by atoms with van der Waals surface area (Å²) in [4.78, 5) is 45.7. The monoisotopic (exact) mass is 399 g/mol. The molecule has 4 aliphatic rings. The van der Waals surface area contributed by atoms with E-state index in [1.165, 1.54) is 30.8 Å². The van der Waals surface area contributed by atoms with E-state index >= 15 is 0 Å². The number of amides is 1. The number of imidazole rings is 1. The second-order valence-electron chi connectivity index (χ2n) is 9.36. The minimum absolute atomic E-state index is 0.0488. The van der Waals surface area contributed by atoms with Crippen molar-refractivity contribution in [3.63, 3.8) is 0 Å². The number of aromatic nitrogens is 4. The molecule has 2 atom stereocenters. The van der Waals surface area contributed by atoms with E-state index in [9.17, 15) is 14.4 Å². The third-order valence-electron chi connectivity index (χ3n) is 7.48. The van der Waals surface area contributed by atoms with E-state index in [1.54, 1.807) is 4.57 Å². The van der Waals surface area contributed by atoms with Crippen LogP contribution in [0.15, 0.2) is 9.59 Å². The summed E-state index contributed by atoms with van der Waals surface area (Å²) in [6.07, 6.45) is 6.86. The summed E-state index contributed by atoms with van der Waals surface area (Å²) in [6.45, 7) is 4.40. The number of aromatic amines is 1. The summed E-state index contributed by atoms with van der Waals surface area (Å²) >= 11 is 0. The van der Waals surface area contributed by atoms with E-state index in [0.717, 1.165) is 30.5 Å². The molecule has 0 aromatic carbocycles. The number of nitrogens with one attached hydrogen (secondary N) is 2. The average Bonchev–Trinajstić information content (AvgIpc) is 3.29. The number of rotatable bonds is 6. The predicted molar refractivity (Wildman–Crippen MR) is 109 cm³/mol. The fourth-order valence-electron chi connectivity index (χ4n) is 6.55. The molecule has 29 heavy (non-hydrogen) atoms. The average molecular weight is 399 g/mol. The van der Waals surface area contributed by atoms with Crippen LogP contribution in [0.1, 0.15) is 58.2 Å². The summed E-state index contributed by atoms with van der Waals surface area (Å²) in [7, 11) is 0. The van der Waals surface area contributed by atoms with E-state index in [-0.39, 0.29) is 22.6 Å². The molecule has 4 saturated carbocycles. The van der Waals surface area contributed by atoms with Gasteiger partial charge in [0, 0.05) is 32.0 Å². The Morgan fingerprint density at radius 2 is 1.90 bits per heavy atom. The molecule has 4 fully saturated rings. The Labute approximate surface area is 168 Å². The van der Waals surface area contributed by atoms with Crippen molar-refractivity contribution in [2.75, 3.05) is 6.54 Å². The lowest BCUT2D eigenvalue weighted by Crippen LogP contribution is -2.41. The molecule has 2 aromatic heterocycles. The highest BCUT2D eigenvalue weighted by molar-refractivity contribution is 5.73. The van der Waals surface area contributed by atoms with Crippen molar-refractivity contribution in [3.05, 3.63) is 26.7 Å². The Kier molecular flexibility index (Phi) is 4.22. The third-order valence-corrected chi connectivity index (χ3v) is 7.48. The van der Waals surface area contributed by atoms with Crippen LogP contribution in [0.2, 0.25) is 0 Å². The summed E-state index contributed by atoms with van der Waals surface area (Å²) < 4.78 is 2.85. The minimum Gasteiger partial charge on any atom is -0.355 e. The molecule has 0 spiro atoms. The predicted octanol–water partition coefficient (Wildman–Crippen LogP) is 1.51. The fraction of sp³-hybridized carbons (Fsp3) is 0.714. The van der Waals surface area contributed by atoms with Gasteiger partial charge >= 0.3 is 5.69 Å². The molecule has 0 saturated heterocycles. The number of nitrogens with zero attached hydrogens (tertiary/aromatic N) is 3. The third kappa shape index (κ3) is 2.71. The fourth-order valence-corrected chi connectivity index (χ4v) is 6.55. The molecule has 1 amide bonds. The molecular formula is C21H29N5O3. The summed E-state index contributed by atoms with van der Waals surface area (Å²) in [5.74, 6) is 2.96. The molecule has 2 heterocycles. The van der Waals surface area contributed by atoms with Gasteiger partial charge in [-0.05, 0) is 56.3 Å². The van der Waals surface area contributed by atoms with E-state index in [4.69, 9.17) is 4.98 Å². The summed E-state index contributed by atoms with van der Waals surface area (Å²) in [6, 6.07) is 0. The van der Waals surface area contributed by atoms with Crippen molar-refractivity contribution in [1.29, 1.82) is 0 Å². The minimum atomic E-state index is -0.345. The van der Waals surface area contributed by atoms with Crippen LogP contribution in [0.4, 0.5) is 0 Å². The second kappa shape index (κ2) is 6.57. The zero-order valence-corrected chi connectivity index (χ0v) is 17.2. The van der Waals surface area contributed by atoms with Crippen LogP contribution in [0.25, 0.3) is 11.2 Å². The highest BCUT2D eigenvalue weighted by Gasteiger charge is 2.59. The normalized spacial score (nSPS) is 29.8. The van der Waals surface area contributed by atoms with Gasteiger partial charge in [0.2, 0.25) is 5.91 Å². The lowest BCUT2D eigenvalue weighted by Gasteiger charge is -2.30. The van der Waals surface area contributed by atoms with Gasteiger partial charge in [-0.1, -0.05) is 6.92 Å². The second-order valence-corrected chi connectivity index (χ2v) is 9.36. The van der Waals surface area contributed by atoms with Crippen LogP contribution < -0.4 is 16.6 Å². The lowest BCUT2D eigenvalue weighted by molar-refractivity contribution is -0.118. The molecule has 8 heteroatoms. The van der Waals surface area contributed by atoms with Crippen LogP contribution in [0.5, 0.6) is 0 Å². The first kappa shape index (κ1) is 18.6. The maximum absolute atomic E-state index is 13.1. The highest BCUT2D eigenvalue weighted by atomic mass is 16.2. The molecule has 156 valence electrons. The molecule has 0 radical (unpaired) electrons. The van der Waals surface area contributed by atoms with Crippen LogP contribution in [0.3, 0.4) is 0 Å². The zero-order valence-electron chi connectivity index (χ0n) is 17.2. The highest BCUT2D eigenvalue weighted by Crippen LogP contribution is 2.65. The van der Waals surface area contributed by atoms with E-state index in [0.29, 0.717) is 43.1 Å². The van der Waals surface area contributed by atoms with Gasteiger partial charge in [-0.25, -0.2) is 9.78 Å². The van der Waals surface area contributed by atoms with Gasteiger partial charge < -0.3 is 10.3 Å². The molecule has 8 nitrogen and oxygen atoms in total. The van der Waals surface area contributed by atoms with Crippen molar-refractivity contribution in [1.82, 2.24) is 24.4 Å². The van der Waals surface area contributed by atoms with E-state index in [2.05, 4.69) is 10.3 Å². The summed E-state index contributed by atoms with van der Waals surface area (Å²) in [5, 5.41) is 2.74. The quantitative estimate of drug-likeness (QED) is 0.769. The number of carbonyl (C=O) groups excluding carboxylic acids is 1. The van der Waals surface area contributed by atoms with Gasteiger partial charge in [0.15, 0.2) is 5.65 Å². The number of hydrogen-bond acceptors (Lipinski definition) is 4. The smallest absolute Gasteiger partial charge is 0.332 e. The maximum Gasteiger partial charge on any atom is 0.332 e. The first-order valence-corrected chi connectivity index (χ1v) is 10.9. The molecular weight excluding hydrogens is 370 g/mol. The lowest BCUT2D eigenvalue weighted by atomic mass is 9.75. The first-order chi connectivity index (χ1) is 13.9. The van der Waals surface area contributed by atoms with Gasteiger partial charge in [0.05, 0.1) is 0 Å². The van der Waals surface area contributed by atoms with Crippen molar-refractivity contribution < 1.29 is 4.79 Å². The molecule has 4 aliphatic carbocycles. The standard InChI is InChI=1S/C21H29N5O3/c1-3-5-26-18(28)16-17(25(20(26)29)6-4-22-12(2)27)24-19(23-16)21-10-13-7-14(11-21)9-15(21)8-13/h13-15H,3-11H2,1-2H3,(H,22,27)(H,23,24). The largest absolute Gasteiger partial charge is 0.355 e. The number of H-pyrrole nitrogens is 1. The molecule has 6 rings (SSSR count). The topological polar surface area (TPSA) is 102 Å². The van der Waals surface area contributed by atoms with E-state index < -0.39 is 0 Å². The Balaban J connectivity index is 1.64. The number of fused-ring (bicyclic) bond motifs is 1. The Morgan fingerprint density at radius 1 is 1.17 bits per heavy atom. The van der Waals surface area contributed by atoms with Gasteiger partial charge in [-0.15, -0.1) is 0 Å². The van der Waals surface area contributed by atoms with Gasteiger partial charge in [0.1, 0.15) is 11.3 Å². The van der Waals surface area contributed by atoms with Crippen molar-refractivity contribution in [2.24, 2.45) is 17.8 Å². The molecule has 4 bridgehead atoms. The Morgan fingerprint density at radius 3 is 2.55 bits per heavy atom. The molecule has 2 unspecified atom stereocenters. The SMILES string of the molecule is CCCn1c(=O)c2[nH]c(C34CC5CC(CC3C5)C4)nc2n(CCNC(C)=O)c1=O. The Bertz CT molecular complexity index is 1080. The van der Waals surface area contributed by atoms with Crippen molar-refractivity contribution in [2.45, 2.75) is 70.9 Å². The van der Waals surface area contributed by atoms with Crippen LogP contribution in [0, 0.1) is 17.8 Å². The maximum atomic E-state index is 13.1. The number of carbonyl (C=O) groups is 1. The van der Waals surface area contributed by atoms with Crippen LogP contribution in [-0.2, 0) is 23.3 Å². The Hall–Kier alpha value is -2.38. The van der Waals surface area contributed by atoms with Gasteiger partial charge in [-0.3, -0.25) is 18.7 Å². The molecule has 2 aromatic rings. The zero-order chi connectivity index (χ0) is 20.3. The van der Waals surface area contributed by atoms with Gasteiger partial charge in [0.25, 0.3) is 5.56 Å². The van der Waals surface area contributed by atoms with Crippen LogP contribution >= 0.6 is 0 Å². The van der Waals surface area contributed by atoms with Crippen molar-refractivity contribution in [3.8, 4) is 0 Å². The molecule has 2 N–H and O–H groups in total. The summed E-state index contributed by atoms with van der Waals surface area (Å²) in [5.41, 5.74) is 0.287. The van der Waals surface area contributed by atoms with Crippen molar-refractivity contribution >= 4 is 17.1 Å². The first-order valence-electron chi connectivity index (χ1n) is 10.9. The van der Waals surface area contributed by atoms with Gasteiger partial charge in [-0.2, -0.15) is 0 Å². The van der Waals surface area contributed by atoms with E-state index in [1.807, 2.05) is 6.92 Å². The number of hydrogen-bond donors (Lipinski definition) is 2. The molecule has 0 aliphatic heterocycles.